The first-order valence-electron chi connectivity index (χ1n) is 5.20. The molecule has 1 heterocycles. The minimum absolute atomic E-state index is 0.843. The number of allylic oxidation sites excluding steroid dienone is 1. The quantitative estimate of drug-likeness (QED) is 0.580. The van der Waals surface area contributed by atoms with Gasteiger partial charge in [0.25, 0.3) is 0 Å². The number of rotatable bonds is 4. The summed E-state index contributed by atoms with van der Waals surface area (Å²) in [4.78, 5) is 1.25. The molecule has 0 saturated heterocycles. The van der Waals surface area contributed by atoms with Crippen molar-refractivity contribution >= 4 is 11.8 Å². The molecule has 0 amide bonds. The molecule has 0 N–H and O–H groups in total. The van der Waals surface area contributed by atoms with Crippen molar-refractivity contribution in [2.75, 3.05) is 0 Å². The average Bonchev–Trinajstić information content (AvgIpc) is 2.64. The second kappa shape index (κ2) is 5.03. The van der Waals surface area contributed by atoms with Gasteiger partial charge in [-0.2, -0.15) is 0 Å². The average molecular weight is 231 g/mol. The normalized spacial score (nSPS) is 10.3. The van der Waals surface area contributed by atoms with Crippen LogP contribution in [0, 0.1) is 0 Å². The van der Waals surface area contributed by atoms with Crippen molar-refractivity contribution in [3.63, 3.8) is 0 Å². The largest absolute Gasteiger partial charge is 0.322 e. The highest BCUT2D eigenvalue weighted by atomic mass is 32.2. The lowest BCUT2D eigenvalue weighted by Crippen LogP contribution is -2.28. The van der Waals surface area contributed by atoms with Crippen molar-refractivity contribution < 1.29 is 4.57 Å². The summed E-state index contributed by atoms with van der Waals surface area (Å²) in [7, 11) is 2.06. The zero-order valence-corrected chi connectivity index (χ0v) is 10.2. The topological polar surface area (TPSA) is 8.81 Å². The van der Waals surface area contributed by atoms with Gasteiger partial charge >= 0.3 is 5.16 Å². The van der Waals surface area contributed by atoms with Gasteiger partial charge in [-0.05, 0) is 23.9 Å². The van der Waals surface area contributed by atoms with Gasteiger partial charge in [0, 0.05) is 4.90 Å². The van der Waals surface area contributed by atoms with Crippen molar-refractivity contribution in [2.45, 2.75) is 16.6 Å². The summed E-state index contributed by atoms with van der Waals surface area (Å²) in [5.41, 5.74) is 0. The predicted molar refractivity (Wildman–Crippen MR) is 66.4 cm³/mol. The number of aromatic nitrogens is 2. The standard InChI is InChI=1S/C13H15N2S/c1-3-9-15-11-10-14(2)13(15)16-12-7-5-4-6-8-12/h3-8,10-11H,1,9H2,2H3/q+1. The van der Waals surface area contributed by atoms with E-state index in [1.807, 2.05) is 12.1 Å². The Labute approximate surface area is 100 Å². The van der Waals surface area contributed by atoms with Crippen LogP contribution in [0.25, 0.3) is 0 Å². The van der Waals surface area contributed by atoms with Gasteiger partial charge in [0.2, 0.25) is 0 Å². The van der Waals surface area contributed by atoms with Crippen LogP contribution in [0.4, 0.5) is 0 Å². The summed E-state index contributed by atoms with van der Waals surface area (Å²) >= 11 is 1.77. The highest BCUT2D eigenvalue weighted by Crippen LogP contribution is 2.24. The number of nitrogens with zero attached hydrogens (tertiary/aromatic N) is 2. The number of hydrogen-bond donors (Lipinski definition) is 0. The second-order valence-corrected chi connectivity index (χ2v) is 4.59. The van der Waals surface area contributed by atoms with Crippen molar-refractivity contribution in [1.82, 2.24) is 4.57 Å². The highest BCUT2D eigenvalue weighted by molar-refractivity contribution is 7.99. The zero-order valence-electron chi connectivity index (χ0n) is 9.34. The molecule has 0 aliphatic carbocycles. The van der Waals surface area contributed by atoms with Crippen molar-refractivity contribution in [3.8, 4) is 0 Å². The zero-order chi connectivity index (χ0) is 11.4. The third-order valence-corrected chi connectivity index (χ3v) is 3.51. The van der Waals surface area contributed by atoms with Gasteiger partial charge in [0.05, 0.1) is 7.05 Å². The molecule has 0 atom stereocenters. The molecule has 0 unspecified atom stereocenters. The van der Waals surface area contributed by atoms with E-state index in [2.05, 4.69) is 59.4 Å². The van der Waals surface area contributed by atoms with Gasteiger partial charge in [0.15, 0.2) is 0 Å². The van der Waals surface area contributed by atoms with E-state index in [0.717, 1.165) is 6.54 Å². The molecule has 0 fully saturated rings. The van der Waals surface area contributed by atoms with Crippen LogP contribution in [0.3, 0.4) is 0 Å². The Balaban J connectivity index is 2.26. The summed E-state index contributed by atoms with van der Waals surface area (Å²) in [6.07, 6.45) is 6.05. The van der Waals surface area contributed by atoms with E-state index in [1.165, 1.54) is 10.1 Å². The Hall–Kier alpha value is -1.48. The van der Waals surface area contributed by atoms with Crippen LogP contribution in [0.1, 0.15) is 0 Å². The van der Waals surface area contributed by atoms with E-state index in [0.29, 0.717) is 0 Å². The van der Waals surface area contributed by atoms with Crippen LogP contribution in [0.5, 0.6) is 0 Å². The maximum Gasteiger partial charge on any atom is 0.322 e. The summed E-state index contributed by atoms with van der Waals surface area (Å²) in [6.45, 7) is 4.62. The van der Waals surface area contributed by atoms with E-state index in [-0.39, 0.29) is 0 Å². The molecule has 82 valence electrons. The van der Waals surface area contributed by atoms with E-state index in [9.17, 15) is 0 Å². The maximum atomic E-state index is 3.77. The molecule has 1 aromatic carbocycles. The Kier molecular flexibility index (Phi) is 3.47. The van der Waals surface area contributed by atoms with Crippen LogP contribution < -0.4 is 4.57 Å². The molecule has 0 aliphatic rings. The fraction of sp³-hybridized carbons (Fsp3) is 0.154. The van der Waals surface area contributed by atoms with Crippen molar-refractivity contribution in [1.29, 1.82) is 0 Å². The summed E-state index contributed by atoms with van der Waals surface area (Å²) < 4.78 is 4.31. The number of hydrogen-bond acceptors (Lipinski definition) is 1. The van der Waals surface area contributed by atoms with Crippen LogP contribution in [-0.2, 0) is 13.6 Å². The van der Waals surface area contributed by atoms with E-state index in [4.69, 9.17) is 0 Å². The lowest BCUT2D eigenvalue weighted by atomic mass is 10.4. The first-order chi connectivity index (χ1) is 7.81. The minimum Gasteiger partial charge on any atom is -0.227 e. The highest BCUT2D eigenvalue weighted by Gasteiger charge is 2.14. The Morgan fingerprint density at radius 2 is 2.12 bits per heavy atom. The molecule has 16 heavy (non-hydrogen) atoms. The van der Waals surface area contributed by atoms with Gasteiger partial charge in [-0.1, -0.05) is 30.9 Å². The molecule has 0 radical (unpaired) electrons. The molecular formula is C13H15N2S+. The minimum atomic E-state index is 0.843. The molecule has 1 aromatic heterocycles. The van der Waals surface area contributed by atoms with Gasteiger partial charge in [-0.3, -0.25) is 0 Å². The number of benzene rings is 1. The third-order valence-electron chi connectivity index (χ3n) is 2.30. The SMILES string of the molecule is C=CCn1cc[n+](C)c1Sc1ccccc1. The molecule has 0 aliphatic heterocycles. The Bertz CT molecular complexity index is 474. The van der Waals surface area contributed by atoms with Crippen molar-refractivity contribution in [2.24, 2.45) is 7.05 Å². The first kappa shape index (κ1) is 11.0. The third kappa shape index (κ3) is 2.36. The smallest absolute Gasteiger partial charge is 0.227 e. The first-order valence-corrected chi connectivity index (χ1v) is 6.01. The van der Waals surface area contributed by atoms with Gasteiger partial charge in [-0.25, -0.2) is 9.13 Å². The molecule has 2 nitrogen and oxygen atoms in total. The maximum absolute atomic E-state index is 3.77. The van der Waals surface area contributed by atoms with Crippen LogP contribution in [-0.4, -0.2) is 4.57 Å². The predicted octanol–water partition coefficient (Wildman–Crippen LogP) is 2.65. The molecule has 0 spiro atoms. The Morgan fingerprint density at radius 1 is 1.38 bits per heavy atom. The molecule has 0 bridgehead atoms. The lowest BCUT2D eigenvalue weighted by molar-refractivity contribution is -0.709. The monoisotopic (exact) mass is 231 g/mol. The summed E-state index contributed by atoms with van der Waals surface area (Å²) in [5, 5.41) is 1.21. The van der Waals surface area contributed by atoms with E-state index >= 15 is 0 Å². The molecule has 3 heteroatoms. The van der Waals surface area contributed by atoms with Gasteiger partial charge in [-0.15, -0.1) is 0 Å². The van der Waals surface area contributed by atoms with Crippen molar-refractivity contribution in [3.05, 3.63) is 55.4 Å². The van der Waals surface area contributed by atoms with Gasteiger partial charge in [0.1, 0.15) is 18.9 Å². The van der Waals surface area contributed by atoms with Crippen LogP contribution in [0.15, 0.2) is 65.4 Å². The van der Waals surface area contributed by atoms with Gasteiger partial charge < -0.3 is 0 Å². The number of aryl methyl sites for hydroxylation is 1. The number of imidazole rings is 1. The fourth-order valence-electron chi connectivity index (χ4n) is 1.51. The Morgan fingerprint density at radius 3 is 2.81 bits per heavy atom. The molecule has 2 aromatic rings. The molecule has 2 rings (SSSR count). The van der Waals surface area contributed by atoms with E-state index < -0.39 is 0 Å². The molecule has 0 saturated carbocycles. The lowest BCUT2D eigenvalue weighted by Gasteiger charge is -2.00. The summed E-state index contributed by atoms with van der Waals surface area (Å²) in [5.74, 6) is 0. The van der Waals surface area contributed by atoms with Crippen LogP contribution in [0.2, 0.25) is 0 Å². The second-order valence-electron chi connectivity index (χ2n) is 3.55. The molecular weight excluding hydrogens is 216 g/mol. The summed E-state index contributed by atoms with van der Waals surface area (Å²) in [6, 6.07) is 10.4. The fourth-order valence-corrected chi connectivity index (χ4v) is 2.47. The van der Waals surface area contributed by atoms with E-state index in [1.54, 1.807) is 11.8 Å². The van der Waals surface area contributed by atoms with Crippen LogP contribution >= 0.6 is 11.8 Å².